The zero-order chi connectivity index (χ0) is 41.7. The first kappa shape index (κ1) is 36.5. The third kappa shape index (κ3) is 6.38. The van der Waals surface area contributed by atoms with Crippen molar-refractivity contribution < 1.29 is 4.74 Å². The van der Waals surface area contributed by atoms with Crippen molar-refractivity contribution >= 4 is 66.4 Å². The van der Waals surface area contributed by atoms with Gasteiger partial charge >= 0.3 is 0 Å². The summed E-state index contributed by atoms with van der Waals surface area (Å²) in [6.07, 6.45) is 0. The summed E-state index contributed by atoms with van der Waals surface area (Å²) in [5.74, 6) is 1.68. The van der Waals surface area contributed by atoms with Crippen molar-refractivity contribution in [2.24, 2.45) is 0 Å². The zero-order valence-electron chi connectivity index (χ0n) is 34.4. The van der Waals surface area contributed by atoms with Crippen LogP contribution in [-0.4, -0.2) is 0 Å². The third-order valence-corrected chi connectivity index (χ3v) is 12.4. The first-order valence-electron chi connectivity index (χ1n) is 21.5. The molecule has 1 heterocycles. The summed E-state index contributed by atoms with van der Waals surface area (Å²) in [6, 6.07) is 87.0. The van der Waals surface area contributed by atoms with E-state index >= 15 is 0 Å². The van der Waals surface area contributed by atoms with Crippen LogP contribution in [0.1, 0.15) is 0 Å². The highest BCUT2D eigenvalue weighted by Gasteiger charge is 2.27. The number of nitrogens with zero attached hydrogens (tertiary/aromatic N) is 2. The van der Waals surface area contributed by atoms with E-state index in [1.807, 2.05) is 0 Å². The lowest BCUT2D eigenvalue weighted by atomic mass is 9.86. The molecule has 0 bridgehead atoms. The van der Waals surface area contributed by atoms with Gasteiger partial charge in [0.25, 0.3) is 0 Å². The largest absolute Gasteiger partial charge is 0.456 e. The van der Waals surface area contributed by atoms with Gasteiger partial charge in [0.05, 0.1) is 5.69 Å². The van der Waals surface area contributed by atoms with Gasteiger partial charge in [-0.3, -0.25) is 0 Å². The fraction of sp³-hybridized carbons (Fsp3) is 0. The van der Waals surface area contributed by atoms with Gasteiger partial charge < -0.3 is 14.5 Å². The standard InChI is InChI=1S/C60H40N2O/c1-7-19-41(20-8-1)43-31-33-50-52(35-43)53-39-56-51-34-32-49(61(45-23-11-3-12-24-45)46-25-13-4-14-26-46)38-58(51)63-59-37-44(42-21-9-2-10-22-42)36-55(60(56)59)54(53)40-57(50)62(47-27-15-5-16-28-47)48-29-17-6-18-30-48/h1-40H. The summed E-state index contributed by atoms with van der Waals surface area (Å²) >= 11 is 0. The molecule has 0 fully saturated rings. The second-order valence-electron chi connectivity index (χ2n) is 16.1. The van der Waals surface area contributed by atoms with E-state index in [9.17, 15) is 0 Å². The van der Waals surface area contributed by atoms with Crippen molar-refractivity contribution in [3.8, 4) is 44.9 Å². The highest BCUT2D eigenvalue weighted by molar-refractivity contribution is 6.26. The molecule has 0 N–H and O–H groups in total. The van der Waals surface area contributed by atoms with Gasteiger partial charge in [-0.15, -0.1) is 0 Å². The van der Waals surface area contributed by atoms with Crippen LogP contribution in [0.25, 0.3) is 65.7 Å². The second kappa shape index (κ2) is 15.3. The normalized spacial score (nSPS) is 11.6. The number of hydrogen-bond donors (Lipinski definition) is 0. The Morgan fingerprint density at radius 1 is 0.254 bits per heavy atom. The predicted molar refractivity (Wildman–Crippen MR) is 265 cm³/mol. The summed E-state index contributed by atoms with van der Waals surface area (Å²) in [7, 11) is 0. The van der Waals surface area contributed by atoms with Gasteiger partial charge in [0.15, 0.2) is 0 Å². The van der Waals surface area contributed by atoms with Crippen molar-refractivity contribution in [1.29, 1.82) is 0 Å². The van der Waals surface area contributed by atoms with Crippen LogP contribution in [0.3, 0.4) is 0 Å². The Labute approximate surface area is 367 Å². The van der Waals surface area contributed by atoms with Gasteiger partial charge in [-0.25, -0.2) is 0 Å². The minimum Gasteiger partial charge on any atom is -0.456 e. The smallest absolute Gasteiger partial charge is 0.137 e. The van der Waals surface area contributed by atoms with Crippen LogP contribution in [0.5, 0.6) is 11.5 Å². The summed E-state index contributed by atoms with van der Waals surface area (Å²) in [5, 5.41) is 6.98. The van der Waals surface area contributed by atoms with E-state index in [0.717, 1.165) is 78.6 Å². The van der Waals surface area contributed by atoms with E-state index in [1.54, 1.807) is 0 Å². The van der Waals surface area contributed by atoms with Gasteiger partial charge in [-0.05, 0) is 140 Å². The molecule has 0 spiro atoms. The average Bonchev–Trinajstić information content (AvgIpc) is 3.36. The Morgan fingerprint density at radius 3 is 1.30 bits per heavy atom. The molecule has 11 aromatic rings. The maximum atomic E-state index is 7.17. The molecule has 0 amide bonds. The van der Waals surface area contributed by atoms with E-state index in [2.05, 4.69) is 252 Å². The van der Waals surface area contributed by atoms with E-state index in [1.165, 1.54) is 32.7 Å². The molecule has 1 aliphatic heterocycles. The number of benzene rings is 11. The van der Waals surface area contributed by atoms with E-state index in [0.29, 0.717) is 0 Å². The Hall–Kier alpha value is -8.40. The number of ether oxygens (including phenoxy) is 1. The minimum atomic E-state index is 0.827. The molecule has 0 aromatic heterocycles. The molecule has 63 heavy (non-hydrogen) atoms. The van der Waals surface area contributed by atoms with E-state index in [4.69, 9.17) is 4.74 Å². The number of fused-ring (bicyclic) bond motifs is 6. The van der Waals surface area contributed by atoms with Crippen molar-refractivity contribution in [1.82, 2.24) is 0 Å². The van der Waals surface area contributed by atoms with Gasteiger partial charge in [-0.2, -0.15) is 0 Å². The summed E-state index contributed by atoms with van der Waals surface area (Å²) < 4.78 is 7.17. The van der Waals surface area contributed by atoms with Crippen LogP contribution >= 0.6 is 0 Å². The molecule has 3 nitrogen and oxygen atoms in total. The van der Waals surface area contributed by atoms with Crippen LogP contribution in [0.4, 0.5) is 34.1 Å². The second-order valence-corrected chi connectivity index (χ2v) is 16.1. The van der Waals surface area contributed by atoms with Crippen LogP contribution in [-0.2, 0) is 0 Å². The van der Waals surface area contributed by atoms with Gasteiger partial charge in [0.1, 0.15) is 11.5 Å². The van der Waals surface area contributed by atoms with Crippen molar-refractivity contribution in [2.75, 3.05) is 9.80 Å². The molecule has 0 unspecified atom stereocenters. The molecule has 3 heteroatoms. The van der Waals surface area contributed by atoms with Gasteiger partial charge in [-0.1, -0.05) is 146 Å². The van der Waals surface area contributed by atoms with Crippen LogP contribution < -0.4 is 14.5 Å². The van der Waals surface area contributed by atoms with Crippen molar-refractivity contribution in [3.05, 3.63) is 243 Å². The zero-order valence-corrected chi connectivity index (χ0v) is 34.4. The molecule has 0 saturated heterocycles. The summed E-state index contributed by atoms with van der Waals surface area (Å²) in [5.41, 5.74) is 13.3. The Morgan fingerprint density at radius 2 is 0.730 bits per heavy atom. The monoisotopic (exact) mass is 804 g/mol. The fourth-order valence-corrected chi connectivity index (χ4v) is 9.47. The maximum absolute atomic E-state index is 7.17. The molecular formula is C60H40N2O. The van der Waals surface area contributed by atoms with Crippen molar-refractivity contribution in [2.45, 2.75) is 0 Å². The average molecular weight is 805 g/mol. The summed E-state index contributed by atoms with van der Waals surface area (Å²) in [6.45, 7) is 0. The van der Waals surface area contributed by atoms with Crippen LogP contribution in [0.2, 0.25) is 0 Å². The lowest BCUT2D eigenvalue weighted by Gasteiger charge is -2.30. The molecule has 12 rings (SSSR count). The Kier molecular flexibility index (Phi) is 8.83. The van der Waals surface area contributed by atoms with Crippen molar-refractivity contribution in [3.63, 3.8) is 0 Å². The number of hydrogen-bond acceptors (Lipinski definition) is 3. The molecule has 0 saturated carbocycles. The molecule has 0 aliphatic carbocycles. The molecule has 1 aliphatic rings. The number of rotatable bonds is 8. The number of para-hydroxylation sites is 4. The molecule has 296 valence electrons. The molecule has 0 atom stereocenters. The topological polar surface area (TPSA) is 15.7 Å². The Bertz CT molecular complexity index is 3370. The highest BCUT2D eigenvalue weighted by Crippen LogP contribution is 2.54. The first-order chi connectivity index (χ1) is 31.2. The molecular weight excluding hydrogens is 765 g/mol. The third-order valence-electron chi connectivity index (χ3n) is 12.4. The molecule has 11 aromatic carbocycles. The SMILES string of the molecule is c1ccc(-c2ccc3c(N(c4ccccc4)c4ccccc4)cc4c5cc(-c6ccccc6)cc6c5c(cc4c3c2)-c2ccc(N(c3ccccc3)c3ccccc3)cc2O6)cc1. The van der Waals surface area contributed by atoms with Gasteiger partial charge in [0, 0.05) is 50.8 Å². The van der Waals surface area contributed by atoms with E-state index < -0.39 is 0 Å². The van der Waals surface area contributed by atoms with E-state index in [-0.39, 0.29) is 0 Å². The maximum Gasteiger partial charge on any atom is 0.137 e. The highest BCUT2D eigenvalue weighted by atomic mass is 16.5. The fourth-order valence-electron chi connectivity index (χ4n) is 9.47. The van der Waals surface area contributed by atoms with Gasteiger partial charge in [0.2, 0.25) is 0 Å². The quantitative estimate of drug-likeness (QED) is 0.142. The lowest BCUT2D eigenvalue weighted by Crippen LogP contribution is -2.11. The Balaban J connectivity index is 1.17. The predicted octanol–water partition coefficient (Wildman–Crippen LogP) is 17.2. The lowest BCUT2D eigenvalue weighted by molar-refractivity contribution is 0.487. The molecule has 0 radical (unpaired) electrons. The first-order valence-corrected chi connectivity index (χ1v) is 21.5. The van der Waals surface area contributed by atoms with Crippen LogP contribution in [0, 0.1) is 0 Å². The number of anilines is 6. The summed E-state index contributed by atoms with van der Waals surface area (Å²) in [4.78, 5) is 4.69. The minimum absolute atomic E-state index is 0.827. The van der Waals surface area contributed by atoms with Crippen LogP contribution in [0.15, 0.2) is 243 Å².